The van der Waals surface area contributed by atoms with E-state index in [1.54, 1.807) is 0 Å². The molecule has 1 rings (SSSR count). The third-order valence-electron chi connectivity index (χ3n) is 2.99. The Kier molecular flexibility index (Phi) is 7.17. The maximum absolute atomic E-state index is 6.38. The number of rotatable bonds is 8. The molecule has 0 aliphatic rings. The Balaban J connectivity index is 2.80. The van der Waals surface area contributed by atoms with Crippen molar-refractivity contribution < 1.29 is 0 Å². The molecule has 108 valence electrons. The minimum Gasteiger partial charge on any atom is -0.353 e. The lowest BCUT2D eigenvalue weighted by atomic mass is 10.2. The highest BCUT2D eigenvalue weighted by atomic mass is 35.5. The van der Waals surface area contributed by atoms with Crippen molar-refractivity contribution in [3.05, 3.63) is 22.8 Å². The van der Waals surface area contributed by atoms with E-state index in [-0.39, 0.29) is 0 Å². The van der Waals surface area contributed by atoms with Crippen molar-refractivity contribution >= 4 is 17.4 Å². The van der Waals surface area contributed by atoms with Gasteiger partial charge in [0.1, 0.15) is 5.82 Å². The van der Waals surface area contributed by atoms with Crippen LogP contribution in [0.2, 0.25) is 5.02 Å². The van der Waals surface area contributed by atoms with E-state index in [9.17, 15) is 0 Å². The van der Waals surface area contributed by atoms with Crippen LogP contribution in [0.4, 0.5) is 5.82 Å². The molecule has 0 fully saturated rings. The molecule has 0 saturated carbocycles. The van der Waals surface area contributed by atoms with E-state index in [2.05, 4.69) is 42.9 Å². The van der Waals surface area contributed by atoms with Crippen LogP contribution in [0.3, 0.4) is 0 Å². The van der Waals surface area contributed by atoms with Gasteiger partial charge in [0.05, 0.1) is 5.02 Å². The van der Waals surface area contributed by atoms with Gasteiger partial charge in [0.2, 0.25) is 0 Å². The van der Waals surface area contributed by atoms with Crippen molar-refractivity contribution in [2.24, 2.45) is 0 Å². The second kappa shape index (κ2) is 8.39. The molecule has 0 atom stereocenters. The smallest absolute Gasteiger partial charge is 0.147 e. The van der Waals surface area contributed by atoms with Crippen LogP contribution < -0.4 is 10.2 Å². The first kappa shape index (κ1) is 16.3. The van der Waals surface area contributed by atoms with Crippen LogP contribution in [0, 0.1) is 0 Å². The molecule has 1 heterocycles. The SMILES string of the molecule is CCCNCc1cnc(N(CCC)C(C)C)c(Cl)c1. The Hall–Kier alpha value is -0.800. The molecule has 4 heteroatoms. The molecule has 0 amide bonds. The Morgan fingerprint density at radius 2 is 2.05 bits per heavy atom. The number of hydrogen-bond donors (Lipinski definition) is 1. The maximum atomic E-state index is 6.38. The monoisotopic (exact) mass is 283 g/mol. The zero-order chi connectivity index (χ0) is 14.3. The Labute approximate surface area is 122 Å². The summed E-state index contributed by atoms with van der Waals surface area (Å²) in [5.41, 5.74) is 1.14. The highest BCUT2D eigenvalue weighted by molar-refractivity contribution is 6.33. The molecular weight excluding hydrogens is 258 g/mol. The summed E-state index contributed by atoms with van der Waals surface area (Å²) in [5, 5.41) is 4.11. The van der Waals surface area contributed by atoms with Crippen molar-refractivity contribution in [3.63, 3.8) is 0 Å². The summed E-state index contributed by atoms with van der Waals surface area (Å²) < 4.78 is 0. The summed E-state index contributed by atoms with van der Waals surface area (Å²) in [5.74, 6) is 0.901. The molecule has 1 N–H and O–H groups in total. The van der Waals surface area contributed by atoms with Crippen molar-refractivity contribution in [1.29, 1.82) is 0 Å². The van der Waals surface area contributed by atoms with Gasteiger partial charge in [-0.05, 0) is 44.9 Å². The van der Waals surface area contributed by atoms with Gasteiger partial charge in [-0.2, -0.15) is 0 Å². The molecule has 0 radical (unpaired) electrons. The molecule has 0 aromatic carbocycles. The topological polar surface area (TPSA) is 28.2 Å². The molecular formula is C15H26ClN3. The normalized spacial score (nSPS) is 11.1. The predicted octanol–water partition coefficient (Wildman–Crippen LogP) is 3.86. The zero-order valence-corrected chi connectivity index (χ0v) is 13.3. The Morgan fingerprint density at radius 1 is 1.32 bits per heavy atom. The predicted molar refractivity (Wildman–Crippen MR) is 84.0 cm³/mol. The second-order valence-corrected chi connectivity index (χ2v) is 5.52. The fourth-order valence-electron chi connectivity index (χ4n) is 2.04. The van der Waals surface area contributed by atoms with Crippen LogP contribution in [0.25, 0.3) is 0 Å². The van der Waals surface area contributed by atoms with Gasteiger partial charge in [-0.3, -0.25) is 0 Å². The molecule has 0 bridgehead atoms. The molecule has 1 aromatic rings. The van der Waals surface area contributed by atoms with E-state index in [0.717, 1.165) is 48.9 Å². The standard InChI is InChI=1S/C15H26ClN3/c1-5-7-17-10-13-9-14(16)15(18-11-13)19(8-6-2)12(3)4/h9,11-12,17H,5-8,10H2,1-4H3. The summed E-state index contributed by atoms with van der Waals surface area (Å²) in [4.78, 5) is 6.81. The third kappa shape index (κ3) is 5.00. The van der Waals surface area contributed by atoms with E-state index in [1.165, 1.54) is 0 Å². The molecule has 0 spiro atoms. The zero-order valence-electron chi connectivity index (χ0n) is 12.5. The summed E-state index contributed by atoms with van der Waals surface area (Å²) in [6, 6.07) is 2.44. The van der Waals surface area contributed by atoms with Crippen molar-refractivity contribution in [1.82, 2.24) is 10.3 Å². The Bertz CT molecular complexity index is 380. The Morgan fingerprint density at radius 3 is 2.58 bits per heavy atom. The highest BCUT2D eigenvalue weighted by Gasteiger charge is 2.14. The highest BCUT2D eigenvalue weighted by Crippen LogP contribution is 2.25. The lowest BCUT2D eigenvalue weighted by Gasteiger charge is -2.28. The molecule has 19 heavy (non-hydrogen) atoms. The summed E-state index contributed by atoms with van der Waals surface area (Å²) in [7, 11) is 0. The van der Waals surface area contributed by atoms with E-state index in [1.807, 2.05) is 12.3 Å². The number of nitrogens with one attached hydrogen (secondary N) is 1. The van der Waals surface area contributed by atoms with Gasteiger partial charge >= 0.3 is 0 Å². The van der Waals surface area contributed by atoms with Crippen LogP contribution >= 0.6 is 11.6 Å². The molecule has 0 unspecified atom stereocenters. The largest absolute Gasteiger partial charge is 0.353 e. The number of aromatic nitrogens is 1. The average Bonchev–Trinajstić information content (AvgIpc) is 2.37. The number of hydrogen-bond acceptors (Lipinski definition) is 3. The van der Waals surface area contributed by atoms with Crippen LogP contribution in [-0.2, 0) is 6.54 Å². The molecule has 1 aromatic heterocycles. The number of nitrogens with zero attached hydrogens (tertiary/aromatic N) is 2. The van der Waals surface area contributed by atoms with E-state index in [4.69, 9.17) is 11.6 Å². The van der Waals surface area contributed by atoms with Crippen molar-refractivity contribution in [3.8, 4) is 0 Å². The van der Waals surface area contributed by atoms with E-state index in [0.29, 0.717) is 6.04 Å². The molecule has 0 saturated heterocycles. The fraction of sp³-hybridized carbons (Fsp3) is 0.667. The maximum Gasteiger partial charge on any atom is 0.147 e. The van der Waals surface area contributed by atoms with E-state index >= 15 is 0 Å². The van der Waals surface area contributed by atoms with Crippen LogP contribution in [0.1, 0.15) is 46.1 Å². The van der Waals surface area contributed by atoms with Crippen molar-refractivity contribution in [2.45, 2.75) is 53.1 Å². The average molecular weight is 284 g/mol. The fourth-order valence-corrected chi connectivity index (χ4v) is 2.33. The quantitative estimate of drug-likeness (QED) is 0.734. The van der Waals surface area contributed by atoms with Gasteiger partial charge in [0.15, 0.2) is 0 Å². The third-order valence-corrected chi connectivity index (χ3v) is 3.27. The van der Waals surface area contributed by atoms with Gasteiger partial charge in [-0.1, -0.05) is 25.4 Å². The van der Waals surface area contributed by atoms with Gasteiger partial charge in [-0.15, -0.1) is 0 Å². The first-order valence-corrected chi connectivity index (χ1v) is 7.59. The van der Waals surface area contributed by atoms with Gasteiger partial charge in [0, 0.05) is 25.3 Å². The minimum atomic E-state index is 0.411. The first-order chi connectivity index (χ1) is 9.10. The summed E-state index contributed by atoms with van der Waals surface area (Å²) in [6.45, 7) is 11.5. The van der Waals surface area contributed by atoms with Gasteiger partial charge in [-0.25, -0.2) is 4.98 Å². The number of anilines is 1. The number of pyridine rings is 1. The van der Waals surface area contributed by atoms with Crippen LogP contribution in [0.5, 0.6) is 0 Å². The van der Waals surface area contributed by atoms with Gasteiger partial charge < -0.3 is 10.2 Å². The number of halogens is 1. The minimum absolute atomic E-state index is 0.411. The molecule has 0 aliphatic heterocycles. The second-order valence-electron chi connectivity index (χ2n) is 5.11. The lowest BCUT2D eigenvalue weighted by Crippen LogP contribution is -2.32. The molecule has 3 nitrogen and oxygen atoms in total. The first-order valence-electron chi connectivity index (χ1n) is 7.21. The van der Waals surface area contributed by atoms with Crippen molar-refractivity contribution in [2.75, 3.05) is 18.0 Å². The van der Waals surface area contributed by atoms with E-state index < -0.39 is 0 Å². The van der Waals surface area contributed by atoms with Crippen LogP contribution in [0.15, 0.2) is 12.3 Å². The van der Waals surface area contributed by atoms with Gasteiger partial charge in [0.25, 0.3) is 0 Å². The summed E-state index contributed by atoms with van der Waals surface area (Å²) in [6.07, 6.45) is 4.15. The lowest BCUT2D eigenvalue weighted by molar-refractivity contribution is 0.657. The summed E-state index contributed by atoms with van der Waals surface area (Å²) >= 11 is 6.38. The van der Waals surface area contributed by atoms with Crippen LogP contribution in [-0.4, -0.2) is 24.1 Å². The molecule has 0 aliphatic carbocycles.